The molecule has 1 aliphatic heterocycles. The summed E-state index contributed by atoms with van der Waals surface area (Å²) in [6, 6.07) is 25.1. The van der Waals surface area contributed by atoms with Gasteiger partial charge in [0.15, 0.2) is 0 Å². The Hall–Kier alpha value is -4.46. The van der Waals surface area contributed by atoms with Gasteiger partial charge in [0.1, 0.15) is 23.7 Å². The van der Waals surface area contributed by atoms with Crippen molar-refractivity contribution in [3.05, 3.63) is 101 Å². The number of carboxylic acid groups (broad SMARTS) is 1. The molecule has 1 heterocycles. The minimum Gasteiger partial charge on any atom is -0.489 e. The molecule has 2 aliphatic carbocycles. The summed E-state index contributed by atoms with van der Waals surface area (Å²) in [6.07, 6.45) is 6.81. The second-order valence-corrected chi connectivity index (χ2v) is 14.9. The van der Waals surface area contributed by atoms with Gasteiger partial charge >= 0.3 is 5.97 Å². The number of nitrogens with zero attached hydrogens (tertiary/aromatic N) is 2. The van der Waals surface area contributed by atoms with Crippen LogP contribution >= 0.6 is 0 Å². The zero-order valence-corrected chi connectivity index (χ0v) is 28.3. The van der Waals surface area contributed by atoms with Crippen LogP contribution in [-0.2, 0) is 16.2 Å². The van der Waals surface area contributed by atoms with Crippen molar-refractivity contribution in [2.75, 3.05) is 6.54 Å². The predicted molar refractivity (Wildman–Crippen MR) is 186 cm³/mol. The van der Waals surface area contributed by atoms with Gasteiger partial charge in [-0.3, -0.25) is 19.4 Å². The molecule has 0 radical (unpaired) electrons. The topological polar surface area (TPSA) is 108 Å². The molecule has 0 aromatic heterocycles. The quantitative estimate of drug-likeness (QED) is 0.210. The molecule has 2 saturated carbocycles. The van der Waals surface area contributed by atoms with Gasteiger partial charge in [-0.2, -0.15) is 0 Å². The summed E-state index contributed by atoms with van der Waals surface area (Å²) in [5, 5.41) is 11.6. The number of hydrogen-bond acceptors (Lipinski definition) is 5. The van der Waals surface area contributed by atoms with Crippen molar-refractivity contribution in [3.8, 4) is 5.75 Å². The number of benzene rings is 3. The first-order chi connectivity index (χ1) is 23.0. The predicted octanol–water partition coefficient (Wildman–Crippen LogP) is 7.58. The van der Waals surface area contributed by atoms with E-state index in [2.05, 4.69) is 31.0 Å². The first-order valence-electron chi connectivity index (χ1n) is 17.3. The summed E-state index contributed by atoms with van der Waals surface area (Å²) in [4.78, 5) is 45.6. The molecule has 6 rings (SSSR count). The third kappa shape index (κ3) is 7.80. The molecule has 1 atom stereocenters. The highest BCUT2D eigenvalue weighted by Crippen LogP contribution is 2.53. The lowest BCUT2D eigenvalue weighted by atomic mass is 9.74. The summed E-state index contributed by atoms with van der Waals surface area (Å²) >= 11 is 0. The van der Waals surface area contributed by atoms with Crippen molar-refractivity contribution >= 4 is 23.5 Å². The van der Waals surface area contributed by atoms with Gasteiger partial charge in [-0.25, -0.2) is 0 Å². The van der Waals surface area contributed by atoms with Crippen molar-refractivity contribution in [3.63, 3.8) is 0 Å². The van der Waals surface area contributed by atoms with Crippen LogP contribution in [0.2, 0.25) is 0 Å². The summed E-state index contributed by atoms with van der Waals surface area (Å²) in [5.41, 5.74) is 3.52. The minimum atomic E-state index is -0.955. The summed E-state index contributed by atoms with van der Waals surface area (Å²) < 4.78 is 6.02. The Morgan fingerprint density at radius 3 is 2.23 bits per heavy atom. The molecule has 2 amide bonds. The average molecular weight is 650 g/mol. The highest BCUT2D eigenvalue weighted by molar-refractivity contribution is 6.46. The van der Waals surface area contributed by atoms with E-state index in [0.29, 0.717) is 29.7 Å². The minimum absolute atomic E-state index is 0.0328. The normalized spacial score (nSPS) is 21.6. The summed E-state index contributed by atoms with van der Waals surface area (Å²) in [5.74, 6) is 0.380. The van der Waals surface area contributed by atoms with Crippen LogP contribution in [0, 0.1) is 17.3 Å². The third-order valence-corrected chi connectivity index (χ3v) is 9.86. The fourth-order valence-electron chi connectivity index (χ4n) is 7.46. The van der Waals surface area contributed by atoms with Gasteiger partial charge in [-0.1, -0.05) is 63.2 Å². The molecule has 8 heteroatoms. The second kappa shape index (κ2) is 14.0. The van der Waals surface area contributed by atoms with Crippen LogP contribution < -0.4 is 10.1 Å². The molecule has 8 nitrogen and oxygen atoms in total. The van der Waals surface area contributed by atoms with Crippen molar-refractivity contribution in [2.45, 2.75) is 90.4 Å². The van der Waals surface area contributed by atoms with Gasteiger partial charge in [0.2, 0.25) is 0 Å². The highest BCUT2D eigenvalue weighted by Gasteiger charge is 2.54. The molecule has 2 N–H and O–H groups in total. The number of rotatable bonds is 12. The molecule has 1 spiro atoms. The molecule has 0 unspecified atom stereocenters. The molecule has 2 fully saturated rings. The number of aliphatic carboxylic acids is 1. The van der Waals surface area contributed by atoms with E-state index in [1.807, 2.05) is 66.7 Å². The lowest BCUT2D eigenvalue weighted by Crippen LogP contribution is -2.51. The van der Waals surface area contributed by atoms with E-state index in [1.54, 1.807) is 12.1 Å². The largest absolute Gasteiger partial charge is 0.489 e. The van der Waals surface area contributed by atoms with Crippen LogP contribution in [0.3, 0.4) is 0 Å². The molecular weight excluding hydrogens is 602 g/mol. The lowest BCUT2D eigenvalue weighted by Gasteiger charge is -2.46. The standard InChI is InChI=1S/C40H47N3O5/c1-39(2,3)25-27-19-22-40(23-20-27)42-35(29-15-17-33(18-16-29)48-26-28-7-5-4-6-8-28)38(47)43(40)36(30-9-10-30)31-11-13-32(14-12-31)37(46)41-24-21-34(44)45/h4-8,11-18,27,30,36H,9-10,19-26H2,1-3H3,(H,41,46)(H,44,45)/t27?,36-,40?/m1/s1. The summed E-state index contributed by atoms with van der Waals surface area (Å²) in [7, 11) is 0. The molecule has 252 valence electrons. The monoisotopic (exact) mass is 649 g/mol. The number of aliphatic imine (C=N–C) groups is 1. The Bertz CT molecular complexity index is 1630. The molecular formula is C40H47N3O5. The fraction of sp³-hybridized carbons (Fsp3) is 0.450. The van der Waals surface area contributed by atoms with Crippen LogP contribution in [0.25, 0.3) is 0 Å². The summed E-state index contributed by atoms with van der Waals surface area (Å²) in [6.45, 7) is 7.43. The molecule has 0 saturated heterocycles. The Morgan fingerprint density at radius 2 is 1.62 bits per heavy atom. The van der Waals surface area contributed by atoms with Gasteiger partial charge in [0.05, 0.1) is 12.5 Å². The highest BCUT2D eigenvalue weighted by atomic mass is 16.5. The van der Waals surface area contributed by atoms with Gasteiger partial charge in [-0.15, -0.1) is 0 Å². The van der Waals surface area contributed by atoms with E-state index in [1.165, 1.54) is 0 Å². The second-order valence-electron chi connectivity index (χ2n) is 14.9. The van der Waals surface area contributed by atoms with E-state index >= 15 is 0 Å². The van der Waals surface area contributed by atoms with Gasteiger partial charge in [0, 0.05) is 17.7 Å². The van der Waals surface area contributed by atoms with E-state index in [9.17, 15) is 14.4 Å². The van der Waals surface area contributed by atoms with Crippen molar-refractivity contribution in [2.24, 2.45) is 22.2 Å². The number of hydrogen-bond donors (Lipinski definition) is 2. The maximum Gasteiger partial charge on any atom is 0.305 e. The molecule has 48 heavy (non-hydrogen) atoms. The van der Waals surface area contributed by atoms with Crippen LogP contribution in [-0.4, -0.2) is 45.7 Å². The Morgan fingerprint density at radius 1 is 0.958 bits per heavy atom. The smallest absolute Gasteiger partial charge is 0.305 e. The number of ether oxygens (including phenoxy) is 1. The third-order valence-electron chi connectivity index (χ3n) is 9.86. The zero-order valence-electron chi connectivity index (χ0n) is 28.3. The molecule has 3 aliphatic rings. The lowest BCUT2D eigenvalue weighted by molar-refractivity contribution is -0.137. The first kappa shape index (κ1) is 33.4. The van der Waals surface area contributed by atoms with Crippen LogP contribution in [0.1, 0.15) is 105 Å². The molecule has 0 bridgehead atoms. The first-order valence-corrected chi connectivity index (χ1v) is 17.3. The maximum absolute atomic E-state index is 14.6. The number of carbonyl (C=O) groups is 3. The van der Waals surface area contributed by atoms with Gasteiger partial charge < -0.3 is 20.1 Å². The Labute approximate surface area is 283 Å². The van der Waals surface area contributed by atoms with Gasteiger partial charge in [-0.05, 0) is 110 Å². The van der Waals surface area contributed by atoms with E-state index in [4.69, 9.17) is 14.8 Å². The fourth-order valence-corrected chi connectivity index (χ4v) is 7.46. The average Bonchev–Trinajstić information content (AvgIpc) is 3.87. The Balaban J connectivity index is 1.26. The van der Waals surface area contributed by atoms with Crippen LogP contribution in [0.4, 0.5) is 0 Å². The number of nitrogens with one attached hydrogen (secondary N) is 1. The van der Waals surface area contributed by atoms with E-state index < -0.39 is 11.6 Å². The zero-order chi connectivity index (χ0) is 33.9. The van der Waals surface area contributed by atoms with Gasteiger partial charge in [0.25, 0.3) is 11.8 Å². The van der Waals surface area contributed by atoms with Crippen LogP contribution in [0.5, 0.6) is 5.75 Å². The van der Waals surface area contributed by atoms with Crippen LogP contribution in [0.15, 0.2) is 83.9 Å². The van der Waals surface area contributed by atoms with E-state index in [-0.39, 0.29) is 36.2 Å². The SMILES string of the molecule is CC(C)(C)CC1CCC2(CC1)N=C(c1ccc(OCc3ccccc3)cc1)C(=O)N2[C@@H](c1ccc(C(=O)NCCC(=O)O)cc1)C1CC1. The molecule has 3 aromatic carbocycles. The van der Waals surface area contributed by atoms with E-state index in [0.717, 1.165) is 67.4 Å². The number of carbonyl (C=O) groups excluding carboxylic acids is 2. The van der Waals surface area contributed by atoms with Crippen molar-refractivity contribution < 1.29 is 24.2 Å². The maximum atomic E-state index is 14.6. The van der Waals surface area contributed by atoms with Crippen molar-refractivity contribution in [1.29, 1.82) is 0 Å². The molecule has 3 aromatic rings. The number of carboxylic acids is 1. The number of amides is 2. The Kier molecular flexibility index (Phi) is 9.72. The van der Waals surface area contributed by atoms with Crippen molar-refractivity contribution in [1.82, 2.24) is 10.2 Å².